The molecule has 0 radical (unpaired) electrons. The summed E-state index contributed by atoms with van der Waals surface area (Å²) in [7, 11) is 0. The van der Waals surface area contributed by atoms with E-state index < -0.39 is 4.92 Å². The lowest BCUT2D eigenvalue weighted by molar-refractivity contribution is -0.386. The van der Waals surface area contributed by atoms with Gasteiger partial charge in [0.2, 0.25) is 0 Å². The molecular weight excluding hydrogens is 256 g/mol. The van der Waals surface area contributed by atoms with E-state index in [1.807, 2.05) is 6.07 Å². The molecule has 2 atom stereocenters. The van der Waals surface area contributed by atoms with Crippen molar-refractivity contribution in [1.29, 1.82) is 5.26 Å². The van der Waals surface area contributed by atoms with Crippen LogP contribution in [0.15, 0.2) is 18.2 Å². The zero-order chi connectivity index (χ0) is 14.5. The maximum absolute atomic E-state index is 11.1. The monoisotopic (exact) mass is 274 g/mol. The van der Waals surface area contributed by atoms with Crippen molar-refractivity contribution in [1.82, 2.24) is 0 Å². The van der Waals surface area contributed by atoms with Gasteiger partial charge in [0.15, 0.2) is 5.75 Å². The van der Waals surface area contributed by atoms with Gasteiger partial charge < -0.3 is 4.74 Å². The maximum atomic E-state index is 11.1. The van der Waals surface area contributed by atoms with E-state index in [-0.39, 0.29) is 23.1 Å². The normalized spacial score (nSPS) is 22.0. The largest absolute Gasteiger partial charge is 0.483 e. The van der Waals surface area contributed by atoms with Gasteiger partial charge >= 0.3 is 5.69 Å². The van der Waals surface area contributed by atoms with Crippen LogP contribution in [0.4, 0.5) is 5.69 Å². The van der Waals surface area contributed by atoms with Crippen molar-refractivity contribution in [2.75, 3.05) is 0 Å². The standard InChI is InChI=1S/C15H18N2O3/c1-2-11-4-3-5-13(8-11)20-15-7-6-12(10-16)9-14(15)17(18)19/h6-7,9,11,13H,2-5,8H2,1H3. The molecule has 2 rings (SSSR count). The third kappa shape index (κ3) is 3.27. The summed E-state index contributed by atoms with van der Waals surface area (Å²) in [6.07, 6.45) is 5.37. The second kappa shape index (κ2) is 6.38. The highest BCUT2D eigenvalue weighted by Crippen LogP contribution is 2.33. The van der Waals surface area contributed by atoms with Gasteiger partial charge in [0, 0.05) is 6.07 Å². The number of nitrogens with zero attached hydrogens (tertiary/aromatic N) is 2. The average Bonchev–Trinajstić information content (AvgIpc) is 2.47. The van der Waals surface area contributed by atoms with E-state index in [4.69, 9.17) is 10.00 Å². The highest BCUT2D eigenvalue weighted by molar-refractivity contribution is 5.51. The van der Waals surface area contributed by atoms with Crippen molar-refractivity contribution < 1.29 is 9.66 Å². The lowest BCUT2D eigenvalue weighted by atomic mass is 9.85. The minimum absolute atomic E-state index is 0.0420. The van der Waals surface area contributed by atoms with Crippen LogP contribution in [-0.2, 0) is 0 Å². The Balaban J connectivity index is 2.16. The van der Waals surface area contributed by atoms with E-state index in [0.29, 0.717) is 5.92 Å². The van der Waals surface area contributed by atoms with Crippen LogP contribution in [0.1, 0.15) is 44.6 Å². The predicted octanol–water partition coefficient (Wildman–Crippen LogP) is 3.81. The molecule has 0 bridgehead atoms. The molecule has 0 amide bonds. The Morgan fingerprint density at radius 2 is 2.30 bits per heavy atom. The Labute approximate surface area is 118 Å². The summed E-state index contributed by atoms with van der Waals surface area (Å²) in [4.78, 5) is 10.6. The van der Waals surface area contributed by atoms with Gasteiger partial charge in [-0.15, -0.1) is 0 Å². The van der Waals surface area contributed by atoms with Crippen molar-refractivity contribution >= 4 is 5.69 Å². The fraction of sp³-hybridized carbons (Fsp3) is 0.533. The van der Waals surface area contributed by atoms with Gasteiger partial charge in [-0.1, -0.05) is 19.8 Å². The second-order valence-electron chi connectivity index (χ2n) is 5.23. The summed E-state index contributed by atoms with van der Waals surface area (Å²) in [5.41, 5.74) is 0.154. The Bertz CT molecular complexity index is 536. The highest BCUT2D eigenvalue weighted by atomic mass is 16.6. The number of hydrogen-bond acceptors (Lipinski definition) is 4. The van der Waals surface area contributed by atoms with Crippen molar-refractivity contribution in [3.8, 4) is 11.8 Å². The molecule has 2 unspecified atom stereocenters. The van der Waals surface area contributed by atoms with Crippen LogP contribution < -0.4 is 4.74 Å². The average molecular weight is 274 g/mol. The SMILES string of the molecule is CCC1CCCC(Oc2ccc(C#N)cc2[N+](=O)[O-])C1. The first kappa shape index (κ1) is 14.3. The maximum Gasteiger partial charge on any atom is 0.312 e. The summed E-state index contributed by atoms with van der Waals surface area (Å²) >= 11 is 0. The van der Waals surface area contributed by atoms with Gasteiger partial charge in [0.25, 0.3) is 0 Å². The van der Waals surface area contributed by atoms with Crippen LogP contribution in [0.2, 0.25) is 0 Å². The first-order valence-electron chi connectivity index (χ1n) is 6.99. The Morgan fingerprint density at radius 3 is 2.95 bits per heavy atom. The zero-order valence-corrected chi connectivity index (χ0v) is 11.5. The van der Waals surface area contributed by atoms with Gasteiger partial charge in [-0.05, 0) is 37.3 Å². The Hall–Kier alpha value is -2.09. The molecule has 0 spiro atoms. The van der Waals surface area contributed by atoms with Crippen LogP contribution >= 0.6 is 0 Å². The number of nitriles is 1. The summed E-state index contributed by atoms with van der Waals surface area (Å²) in [5, 5.41) is 19.9. The zero-order valence-electron chi connectivity index (χ0n) is 11.5. The number of hydrogen-bond donors (Lipinski definition) is 0. The fourth-order valence-corrected chi connectivity index (χ4v) is 2.73. The smallest absolute Gasteiger partial charge is 0.312 e. The molecule has 106 valence electrons. The lowest BCUT2D eigenvalue weighted by Crippen LogP contribution is -2.25. The third-order valence-corrected chi connectivity index (χ3v) is 3.89. The molecule has 1 aromatic carbocycles. The molecule has 0 saturated heterocycles. The number of ether oxygens (including phenoxy) is 1. The highest BCUT2D eigenvalue weighted by Gasteiger charge is 2.25. The van der Waals surface area contributed by atoms with Gasteiger partial charge in [0.1, 0.15) is 0 Å². The first-order chi connectivity index (χ1) is 9.63. The van der Waals surface area contributed by atoms with E-state index in [1.54, 1.807) is 6.07 Å². The summed E-state index contributed by atoms with van der Waals surface area (Å²) in [5.74, 6) is 0.918. The molecule has 0 N–H and O–H groups in total. The third-order valence-electron chi connectivity index (χ3n) is 3.89. The van der Waals surface area contributed by atoms with Crippen LogP contribution in [0.3, 0.4) is 0 Å². The Kier molecular flexibility index (Phi) is 4.57. The lowest BCUT2D eigenvalue weighted by Gasteiger charge is -2.28. The number of benzene rings is 1. The van der Waals surface area contributed by atoms with E-state index in [0.717, 1.165) is 25.7 Å². The van der Waals surface area contributed by atoms with E-state index in [9.17, 15) is 10.1 Å². The van der Waals surface area contributed by atoms with Crippen LogP contribution in [0.5, 0.6) is 5.75 Å². The van der Waals surface area contributed by atoms with Gasteiger partial charge in [-0.25, -0.2) is 0 Å². The summed E-state index contributed by atoms with van der Waals surface area (Å²) < 4.78 is 5.83. The molecule has 0 aromatic heterocycles. The van der Waals surface area contributed by atoms with Crippen molar-refractivity contribution in [2.45, 2.75) is 45.1 Å². The van der Waals surface area contributed by atoms with Crippen molar-refractivity contribution in [3.63, 3.8) is 0 Å². The van der Waals surface area contributed by atoms with E-state index in [1.165, 1.54) is 18.6 Å². The summed E-state index contributed by atoms with van der Waals surface area (Å²) in [6, 6.07) is 6.27. The molecule has 5 nitrogen and oxygen atoms in total. The molecule has 20 heavy (non-hydrogen) atoms. The minimum Gasteiger partial charge on any atom is -0.483 e. The predicted molar refractivity (Wildman–Crippen MR) is 74.5 cm³/mol. The first-order valence-corrected chi connectivity index (χ1v) is 6.99. The number of nitro groups is 1. The minimum atomic E-state index is -0.490. The van der Waals surface area contributed by atoms with Gasteiger partial charge in [-0.3, -0.25) is 10.1 Å². The van der Waals surface area contributed by atoms with Crippen LogP contribution in [0, 0.1) is 27.4 Å². The molecular formula is C15H18N2O3. The molecule has 1 aliphatic carbocycles. The molecule has 1 fully saturated rings. The number of rotatable bonds is 4. The molecule has 0 aliphatic heterocycles. The van der Waals surface area contributed by atoms with Crippen LogP contribution in [0.25, 0.3) is 0 Å². The van der Waals surface area contributed by atoms with Gasteiger partial charge in [0.05, 0.1) is 22.7 Å². The molecule has 0 heterocycles. The second-order valence-corrected chi connectivity index (χ2v) is 5.23. The molecule has 1 aromatic rings. The van der Waals surface area contributed by atoms with Crippen LogP contribution in [-0.4, -0.2) is 11.0 Å². The topological polar surface area (TPSA) is 76.2 Å². The molecule has 5 heteroatoms. The van der Waals surface area contributed by atoms with E-state index in [2.05, 4.69) is 6.92 Å². The van der Waals surface area contributed by atoms with Crippen molar-refractivity contribution in [2.24, 2.45) is 5.92 Å². The quantitative estimate of drug-likeness (QED) is 0.617. The van der Waals surface area contributed by atoms with Gasteiger partial charge in [-0.2, -0.15) is 5.26 Å². The van der Waals surface area contributed by atoms with E-state index >= 15 is 0 Å². The molecule has 1 saturated carbocycles. The molecule has 1 aliphatic rings. The number of nitro benzene ring substituents is 1. The fourth-order valence-electron chi connectivity index (χ4n) is 2.73. The Morgan fingerprint density at radius 1 is 1.50 bits per heavy atom. The van der Waals surface area contributed by atoms with Crippen molar-refractivity contribution in [3.05, 3.63) is 33.9 Å². The summed E-state index contributed by atoms with van der Waals surface area (Å²) in [6.45, 7) is 2.16.